The lowest BCUT2D eigenvalue weighted by Gasteiger charge is -2.24. The Kier molecular flexibility index (Phi) is 10.6. The number of rotatable bonds is 0. The minimum Gasteiger partial charge on any atom is -0.353 e. The molecule has 0 saturated carbocycles. The molecule has 3 heteroatoms. The summed E-state index contributed by atoms with van der Waals surface area (Å²) in [6, 6.07) is 0. The van der Waals surface area contributed by atoms with E-state index in [4.69, 9.17) is 9.47 Å². The summed E-state index contributed by atoms with van der Waals surface area (Å²) < 4.78 is 23.0. The number of halogens is 1. The predicted octanol–water partition coefficient (Wildman–Crippen LogP) is 6.82. The van der Waals surface area contributed by atoms with Gasteiger partial charge in [-0.3, -0.25) is 0 Å². The van der Waals surface area contributed by atoms with Crippen LogP contribution in [0.2, 0.25) is 0 Å². The minimum absolute atomic E-state index is 0.0196. The van der Waals surface area contributed by atoms with E-state index >= 15 is 0 Å². The average Bonchev–Trinajstić information content (AvgIpc) is 2.58. The lowest BCUT2D eigenvalue weighted by molar-refractivity contribution is -0.187. The van der Waals surface area contributed by atoms with Gasteiger partial charge >= 0.3 is 0 Å². The predicted molar refractivity (Wildman–Crippen MR) is 104 cm³/mol. The van der Waals surface area contributed by atoms with E-state index in [0.29, 0.717) is 18.3 Å². The van der Waals surface area contributed by atoms with Crippen LogP contribution in [-0.4, -0.2) is 19.5 Å². The molecule has 0 aromatic carbocycles. The van der Waals surface area contributed by atoms with Crippen LogP contribution in [-0.2, 0) is 9.47 Å². The summed E-state index contributed by atoms with van der Waals surface area (Å²) in [6.45, 7) is 14.3. The van der Waals surface area contributed by atoms with Crippen molar-refractivity contribution in [3.63, 3.8) is 0 Å². The van der Waals surface area contributed by atoms with Gasteiger partial charge in [0.2, 0.25) is 0 Å². The molecule has 1 saturated heterocycles. The van der Waals surface area contributed by atoms with Crippen LogP contribution in [0.25, 0.3) is 0 Å². The molecule has 2 unspecified atom stereocenters. The highest BCUT2D eigenvalue weighted by molar-refractivity contribution is 5.08. The molecule has 0 radical (unpaired) electrons. The Bertz CT molecular complexity index is 423. The highest BCUT2D eigenvalue weighted by Gasteiger charge is 2.14. The molecule has 1 aliphatic heterocycles. The van der Waals surface area contributed by atoms with Crippen LogP contribution in [0.3, 0.4) is 0 Å². The molecule has 0 bridgehead atoms. The Balaban J connectivity index is 0.000000188. The van der Waals surface area contributed by atoms with Crippen LogP contribution >= 0.6 is 0 Å². The number of ether oxygens (including phenoxy) is 2. The van der Waals surface area contributed by atoms with Crippen molar-refractivity contribution in [2.75, 3.05) is 13.2 Å². The van der Waals surface area contributed by atoms with Gasteiger partial charge in [0.05, 0.1) is 19.0 Å². The topological polar surface area (TPSA) is 18.5 Å². The highest BCUT2D eigenvalue weighted by atomic mass is 19.1. The van der Waals surface area contributed by atoms with E-state index in [1.807, 2.05) is 13.8 Å². The zero-order chi connectivity index (χ0) is 18.8. The maximum atomic E-state index is 12.7. The number of hydrogen-bond donors (Lipinski definition) is 0. The smallest absolute Gasteiger partial charge is 0.154 e. The lowest BCUT2D eigenvalue weighted by Crippen LogP contribution is -2.27. The van der Waals surface area contributed by atoms with E-state index < -0.39 is 0 Å². The van der Waals surface area contributed by atoms with Gasteiger partial charge in [-0.25, -0.2) is 4.39 Å². The Morgan fingerprint density at radius 3 is 1.88 bits per heavy atom. The fourth-order valence-corrected chi connectivity index (χ4v) is 2.97. The molecule has 0 spiro atoms. The van der Waals surface area contributed by atoms with Crippen LogP contribution in [0.5, 0.6) is 0 Å². The molecular formula is C22H39FO2. The largest absolute Gasteiger partial charge is 0.353 e. The first-order chi connectivity index (χ1) is 11.8. The molecule has 1 heterocycles. The molecule has 0 aromatic rings. The van der Waals surface area contributed by atoms with Gasteiger partial charge in [0.25, 0.3) is 0 Å². The van der Waals surface area contributed by atoms with Gasteiger partial charge in [0.15, 0.2) is 6.29 Å². The van der Waals surface area contributed by atoms with E-state index in [9.17, 15) is 4.39 Å². The van der Waals surface area contributed by atoms with Crippen LogP contribution in [0, 0.1) is 17.8 Å². The number of hydrogen-bond acceptors (Lipinski definition) is 2. The van der Waals surface area contributed by atoms with Crippen LogP contribution in [0.1, 0.15) is 80.1 Å². The van der Waals surface area contributed by atoms with Gasteiger partial charge in [-0.15, -0.1) is 0 Å². The second-order valence-electron chi connectivity index (χ2n) is 8.30. The molecule has 2 aliphatic carbocycles. The van der Waals surface area contributed by atoms with Crippen LogP contribution in [0.4, 0.5) is 4.39 Å². The first-order valence-electron chi connectivity index (χ1n) is 10.0. The third-order valence-corrected chi connectivity index (χ3v) is 5.13. The molecule has 0 amide bonds. The van der Waals surface area contributed by atoms with Crippen molar-refractivity contribution in [1.29, 1.82) is 0 Å². The third kappa shape index (κ3) is 10.2. The first kappa shape index (κ1) is 22.4. The third-order valence-electron chi connectivity index (χ3n) is 5.13. The second kappa shape index (κ2) is 11.9. The van der Waals surface area contributed by atoms with Crippen molar-refractivity contribution in [2.45, 2.75) is 86.4 Å². The number of allylic oxidation sites excluding steroid dienone is 4. The van der Waals surface area contributed by atoms with Gasteiger partial charge in [0.1, 0.15) is 0 Å². The molecule has 0 aromatic heterocycles. The van der Waals surface area contributed by atoms with Crippen molar-refractivity contribution < 1.29 is 13.9 Å². The fraction of sp³-hybridized carbons (Fsp3) is 0.818. The molecule has 25 heavy (non-hydrogen) atoms. The Hall–Kier alpha value is -0.670. The van der Waals surface area contributed by atoms with E-state index in [1.54, 1.807) is 5.57 Å². The van der Waals surface area contributed by atoms with Crippen LogP contribution < -0.4 is 0 Å². The molecule has 2 atom stereocenters. The lowest BCUT2D eigenvalue weighted by atomic mass is 9.91. The molecular weight excluding hydrogens is 315 g/mol. The molecule has 0 N–H and O–H groups in total. The van der Waals surface area contributed by atoms with E-state index in [2.05, 4.69) is 33.8 Å². The summed E-state index contributed by atoms with van der Waals surface area (Å²) in [5, 5.41) is 0. The van der Waals surface area contributed by atoms with Gasteiger partial charge in [-0.05, 0) is 70.3 Å². The fourth-order valence-electron chi connectivity index (χ4n) is 2.97. The maximum Gasteiger partial charge on any atom is 0.154 e. The second-order valence-corrected chi connectivity index (χ2v) is 8.30. The highest BCUT2D eigenvalue weighted by Crippen LogP contribution is 2.29. The summed E-state index contributed by atoms with van der Waals surface area (Å²) in [6.07, 6.45) is 9.24. The van der Waals surface area contributed by atoms with Gasteiger partial charge in [-0.2, -0.15) is 0 Å². The monoisotopic (exact) mass is 354 g/mol. The molecule has 2 nitrogen and oxygen atoms in total. The van der Waals surface area contributed by atoms with E-state index in [0.717, 1.165) is 31.1 Å². The van der Waals surface area contributed by atoms with Gasteiger partial charge in [-0.1, -0.05) is 32.4 Å². The summed E-state index contributed by atoms with van der Waals surface area (Å²) >= 11 is 0. The van der Waals surface area contributed by atoms with Crippen molar-refractivity contribution in [3.8, 4) is 0 Å². The van der Waals surface area contributed by atoms with Gasteiger partial charge < -0.3 is 9.47 Å². The molecule has 146 valence electrons. The van der Waals surface area contributed by atoms with Crippen molar-refractivity contribution >= 4 is 0 Å². The Morgan fingerprint density at radius 2 is 1.48 bits per heavy atom. The zero-order valence-electron chi connectivity index (χ0n) is 17.2. The quantitative estimate of drug-likeness (QED) is 0.444. The van der Waals surface area contributed by atoms with E-state index in [1.165, 1.54) is 25.7 Å². The summed E-state index contributed by atoms with van der Waals surface area (Å²) in [5.74, 6) is 2.22. The summed E-state index contributed by atoms with van der Waals surface area (Å²) in [4.78, 5) is 0. The summed E-state index contributed by atoms with van der Waals surface area (Å²) in [5.41, 5.74) is 2.55. The van der Waals surface area contributed by atoms with E-state index in [-0.39, 0.29) is 12.1 Å². The maximum absolute atomic E-state index is 12.7. The van der Waals surface area contributed by atoms with Gasteiger partial charge in [0, 0.05) is 12.3 Å². The standard InChI is InChI=1S/C8H13F.C8H14.C6H12O2/c1-6-3-4-7(2)8(9)5-6;1-7-3-5-8(2)6-4-7;1-5-3-7-6(2)8-4-5/h6H,3-5H2,1-2H3;3,8H,4-6H2,1-2H3;5-6H,3-4H2,1-2H3. The van der Waals surface area contributed by atoms with Crippen molar-refractivity contribution in [2.24, 2.45) is 17.8 Å². The first-order valence-corrected chi connectivity index (χ1v) is 10.0. The molecule has 1 fully saturated rings. The normalized spacial score (nSPS) is 32.7. The average molecular weight is 355 g/mol. The Morgan fingerprint density at radius 1 is 0.880 bits per heavy atom. The Labute approximate surface area is 154 Å². The minimum atomic E-state index is 0.0196. The van der Waals surface area contributed by atoms with Crippen LogP contribution in [0.15, 0.2) is 23.0 Å². The SMILES string of the molecule is CC1=C(F)CC(C)CC1.CC1=CCC(C)CC1.CC1COC(C)OC1. The zero-order valence-corrected chi connectivity index (χ0v) is 17.2. The summed E-state index contributed by atoms with van der Waals surface area (Å²) in [7, 11) is 0. The molecule has 3 aliphatic rings. The molecule has 3 rings (SSSR count). The van der Waals surface area contributed by atoms with Crippen molar-refractivity contribution in [3.05, 3.63) is 23.0 Å². The van der Waals surface area contributed by atoms with Crippen molar-refractivity contribution in [1.82, 2.24) is 0 Å².